The van der Waals surface area contributed by atoms with Crippen molar-refractivity contribution in [3.05, 3.63) is 36.4 Å². The third kappa shape index (κ3) is 3.26. The lowest BCUT2D eigenvalue weighted by molar-refractivity contribution is 0.328. The maximum atomic E-state index is 5.30. The van der Waals surface area contributed by atoms with Gasteiger partial charge in [-0.1, -0.05) is 18.2 Å². The molecule has 0 amide bonds. The number of aromatic nitrogens is 1. The maximum absolute atomic E-state index is 5.30. The number of rotatable bonds is 2. The highest BCUT2D eigenvalue weighted by Gasteiger charge is 1.96. The number of fused-ring (bicyclic) bond motifs is 1. The second-order valence-electron chi connectivity index (χ2n) is 2.78. The molecule has 0 bridgehead atoms. The molecule has 0 fully saturated rings. The van der Waals surface area contributed by atoms with Gasteiger partial charge in [0.1, 0.15) is 0 Å². The second-order valence-corrected chi connectivity index (χ2v) is 2.78. The Bertz CT molecular complexity index is 420. The fourth-order valence-corrected chi connectivity index (χ4v) is 1.28. The van der Waals surface area contributed by atoms with E-state index in [1.165, 1.54) is 0 Å². The number of nitrogens with zero attached hydrogens (tertiary/aromatic N) is 1. The highest BCUT2D eigenvalue weighted by Crippen LogP contribution is 2.15. The van der Waals surface area contributed by atoms with Gasteiger partial charge in [-0.15, -0.1) is 24.8 Å². The van der Waals surface area contributed by atoms with Gasteiger partial charge in [0.05, 0.1) is 12.1 Å². The van der Waals surface area contributed by atoms with Gasteiger partial charge in [0, 0.05) is 11.5 Å². The molecule has 0 saturated carbocycles. The van der Waals surface area contributed by atoms with Gasteiger partial charge < -0.3 is 4.74 Å². The van der Waals surface area contributed by atoms with Crippen molar-refractivity contribution in [3.63, 3.8) is 0 Å². The topological polar surface area (TPSA) is 22.1 Å². The summed E-state index contributed by atoms with van der Waals surface area (Å²) in [5, 5.41) is 1.14. The van der Waals surface area contributed by atoms with Gasteiger partial charge in [-0.25, -0.2) is 4.98 Å². The van der Waals surface area contributed by atoms with Crippen LogP contribution in [0.15, 0.2) is 36.4 Å². The Morgan fingerprint density at radius 2 is 1.80 bits per heavy atom. The molecule has 0 saturated heterocycles. The van der Waals surface area contributed by atoms with Gasteiger partial charge in [0.25, 0.3) is 0 Å². The van der Waals surface area contributed by atoms with Crippen molar-refractivity contribution in [2.24, 2.45) is 0 Å². The van der Waals surface area contributed by atoms with Gasteiger partial charge >= 0.3 is 0 Å². The minimum absolute atomic E-state index is 0. The summed E-state index contributed by atoms with van der Waals surface area (Å²) in [5.74, 6) is 0.696. The zero-order chi connectivity index (χ0) is 9.10. The largest absolute Gasteiger partial charge is 0.478 e. The molecule has 1 aromatic heterocycles. The lowest BCUT2D eigenvalue weighted by Crippen LogP contribution is -1.93. The molecule has 0 spiro atoms. The summed E-state index contributed by atoms with van der Waals surface area (Å²) in [5.41, 5.74) is 0.980. The molecule has 2 nitrogen and oxygen atoms in total. The van der Waals surface area contributed by atoms with Crippen LogP contribution < -0.4 is 4.74 Å². The molecule has 2 rings (SSSR count). The maximum Gasteiger partial charge on any atom is 0.213 e. The Morgan fingerprint density at radius 3 is 2.53 bits per heavy atom. The molecular formula is C11H13Cl2NO. The van der Waals surface area contributed by atoms with E-state index in [0.717, 1.165) is 10.9 Å². The Morgan fingerprint density at radius 1 is 1.07 bits per heavy atom. The summed E-state index contributed by atoms with van der Waals surface area (Å²) in [6.07, 6.45) is 0. The minimum atomic E-state index is 0. The third-order valence-electron chi connectivity index (χ3n) is 1.87. The Labute approximate surface area is 101 Å². The molecule has 0 aliphatic carbocycles. The number of hydrogen-bond acceptors (Lipinski definition) is 2. The molecule has 1 heterocycles. The number of ether oxygens (including phenoxy) is 1. The van der Waals surface area contributed by atoms with Crippen LogP contribution in [0.1, 0.15) is 6.92 Å². The molecule has 0 unspecified atom stereocenters. The molecule has 0 atom stereocenters. The normalized spacial score (nSPS) is 8.87. The van der Waals surface area contributed by atoms with Crippen LogP contribution in [0.4, 0.5) is 0 Å². The summed E-state index contributed by atoms with van der Waals surface area (Å²) in [7, 11) is 0. The van der Waals surface area contributed by atoms with Gasteiger partial charge in [-0.3, -0.25) is 0 Å². The quantitative estimate of drug-likeness (QED) is 0.809. The first-order chi connectivity index (χ1) is 6.40. The number of benzene rings is 1. The Balaban J connectivity index is 0.000000980. The Kier molecular flexibility index (Phi) is 6.06. The molecule has 0 N–H and O–H groups in total. The summed E-state index contributed by atoms with van der Waals surface area (Å²) in [4.78, 5) is 4.34. The van der Waals surface area contributed by atoms with Gasteiger partial charge in [0.2, 0.25) is 5.88 Å². The van der Waals surface area contributed by atoms with Crippen LogP contribution in [0.2, 0.25) is 0 Å². The minimum Gasteiger partial charge on any atom is -0.478 e. The number of halogens is 2. The van der Waals surface area contributed by atoms with Crippen molar-refractivity contribution in [1.29, 1.82) is 0 Å². The fourth-order valence-electron chi connectivity index (χ4n) is 1.28. The average Bonchev–Trinajstić information content (AvgIpc) is 2.18. The van der Waals surface area contributed by atoms with Gasteiger partial charge in [0.15, 0.2) is 0 Å². The molecule has 15 heavy (non-hydrogen) atoms. The van der Waals surface area contributed by atoms with E-state index in [4.69, 9.17) is 4.74 Å². The molecule has 82 valence electrons. The summed E-state index contributed by atoms with van der Waals surface area (Å²) in [6.45, 7) is 2.61. The smallest absolute Gasteiger partial charge is 0.213 e. The molecule has 0 aliphatic rings. The molecule has 0 aliphatic heterocycles. The zero-order valence-corrected chi connectivity index (χ0v) is 9.98. The number of pyridine rings is 1. The first-order valence-electron chi connectivity index (χ1n) is 4.39. The third-order valence-corrected chi connectivity index (χ3v) is 1.87. The number of hydrogen-bond donors (Lipinski definition) is 0. The van der Waals surface area contributed by atoms with Crippen LogP contribution in [0, 0.1) is 0 Å². The molecule has 0 radical (unpaired) electrons. The van der Waals surface area contributed by atoms with Crippen LogP contribution >= 0.6 is 24.8 Å². The summed E-state index contributed by atoms with van der Waals surface area (Å²) >= 11 is 0. The first kappa shape index (κ1) is 14.0. The van der Waals surface area contributed by atoms with E-state index in [0.29, 0.717) is 12.5 Å². The van der Waals surface area contributed by atoms with E-state index >= 15 is 0 Å². The highest BCUT2D eigenvalue weighted by atomic mass is 35.5. The van der Waals surface area contributed by atoms with Gasteiger partial charge in [-0.2, -0.15) is 0 Å². The molecule has 1 aromatic carbocycles. The van der Waals surface area contributed by atoms with Crippen molar-refractivity contribution in [2.45, 2.75) is 6.92 Å². The monoisotopic (exact) mass is 245 g/mol. The molecular weight excluding hydrogens is 233 g/mol. The molecule has 4 heteroatoms. The van der Waals surface area contributed by atoms with Crippen LogP contribution in [0.5, 0.6) is 5.88 Å². The lowest BCUT2D eigenvalue weighted by atomic mass is 10.2. The van der Waals surface area contributed by atoms with E-state index < -0.39 is 0 Å². The van der Waals surface area contributed by atoms with Crippen LogP contribution in [-0.2, 0) is 0 Å². The highest BCUT2D eigenvalue weighted by molar-refractivity contribution is 5.85. The van der Waals surface area contributed by atoms with Crippen molar-refractivity contribution < 1.29 is 4.74 Å². The lowest BCUT2D eigenvalue weighted by Gasteiger charge is -2.02. The van der Waals surface area contributed by atoms with E-state index in [9.17, 15) is 0 Å². The van der Waals surface area contributed by atoms with E-state index in [-0.39, 0.29) is 24.8 Å². The summed E-state index contributed by atoms with van der Waals surface area (Å²) in [6, 6.07) is 11.9. The van der Waals surface area contributed by atoms with Crippen LogP contribution in [-0.4, -0.2) is 11.6 Å². The van der Waals surface area contributed by atoms with Crippen LogP contribution in [0.25, 0.3) is 10.9 Å². The number of para-hydroxylation sites is 1. The van der Waals surface area contributed by atoms with E-state index in [2.05, 4.69) is 4.98 Å². The standard InChI is InChI=1S/C11H11NO.2ClH/c1-2-13-11-8-7-9-5-3-4-6-10(9)12-11;;/h3-8H,2H2,1H3;2*1H. The predicted molar refractivity (Wildman–Crippen MR) is 67.4 cm³/mol. The first-order valence-corrected chi connectivity index (χ1v) is 4.39. The van der Waals surface area contributed by atoms with Crippen molar-refractivity contribution in [3.8, 4) is 5.88 Å². The van der Waals surface area contributed by atoms with Crippen molar-refractivity contribution in [1.82, 2.24) is 4.98 Å². The second kappa shape index (κ2) is 6.49. The van der Waals surface area contributed by atoms with Crippen molar-refractivity contribution >= 4 is 35.7 Å². The van der Waals surface area contributed by atoms with Crippen LogP contribution in [0.3, 0.4) is 0 Å². The average molecular weight is 246 g/mol. The Hall–Kier alpha value is -0.990. The SMILES string of the molecule is CCOc1ccc2ccccc2n1.Cl.Cl. The zero-order valence-electron chi connectivity index (χ0n) is 8.34. The fraction of sp³-hybridized carbons (Fsp3) is 0.182. The van der Waals surface area contributed by atoms with Crippen molar-refractivity contribution in [2.75, 3.05) is 6.61 Å². The van der Waals surface area contributed by atoms with Gasteiger partial charge in [-0.05, 0) is 19.1 Å². The summed E-state index contributed by atoms with van der Waals surface area (Å²) < 4.78 is 5.30. The van der Waals surface area contributed by atoms with E-state index in [1.807, 2.05) is 43.3 Å². The molecule has 2 aromatic rings. The predicted octanol–water partition coefficient (Wildman–Crippen LogP) is 3.48. The van der Waals surface area contributed by atoms with E-state index in [1.54, 1.807) is 0 Å².